The number of nitrogens with zero attached hydrogens (tertiary/aromatic N) is 1. The van der Waals surface area contributed by atoms with E-state index in [-0.39, 0.29) is 12.1 Å². The quantitative estimate of drug-likeness (QED) is 0.356. The van der Waals surface area contributed by atoms with E-state index in [1.54, 1.807) is 0 Å². The average Bonchev–Trinajstić information content (AvgIpc) is 2.34. The molecule has 21 heavy (non-hydrogen) atoms. The molecule has 1 heterocycles. The van der Waals surface area contributed by atoms with Crippen molar-refractivity contribution < 1.29 is 24.0 Å². The maximum absolute atomic E-state index is 11.9. The number of halogens is 1. The van der Waals surface area contributed by atoms with Crippen LogP contribution in [0.25, 0.3) is 0 Å². The van der Waals surface area contributed by atoms with Crippen molar-refractivity contribution in [1.82, 2.24) is 0 Å². The summed E-state index contributed by atoms with van der Waals surface area (Å²) in [5.41, 5.74) is 0.342. The molecule has 0 unspecified atom stereocenters. The van der Waals surface area contributed by atoms with Gasteiger partial charge in [0.2, 0.25) is 0 Å². The van der Waals surface area contributed by atoms with Crippen LogP contribution < -0.4 is 0 Å². The van der Waals surface area contributed by atoms with Crippen molar-refractivity contribution in [2.24, 2.45) is 5.92 Å². The zero-order chi connectivity index (χ0) is 15.8. The Labute approximate surface area is 128 Å². The van der Waals surface area contributed by atoms with Crippen LogP contribution in [-0.2, 0) is 25.5 Å². The lowest BCUT2D eigenvalue weighted by Gasteiger charge is -2.32. The van der Waals surface area contributed by atoms with Gasteiger partial charge < -0.3 is 9.47 Å². The fourth-order valence-corrected chi connectivity index (χ4v) is 2.37. The first-order valence-electron chi connectivity index (χ1n) is 6.08. The molecule has 0 aromatic heterocycles. The number of hydrogen-bond donors (Lipinski definition) is 0. The zero-order valence-electron chi connectivity index (χ0n) is 11.3. The number of carbonyl (C=O) groups is 2. The van der Waals surface area contributed by atoms with Crippen molar-refractivity contribution >= 4 is 33.6 Å². The summed E-state index contributed by atoms with van der Waals surface area (Å²) in [6, 6.07) is 4.13. The molecule has 0 spiro atoms. The second kappa shape index (κ2) is 5.44. The Balaban J connectivity index is 2.26. The number of nitro benzene ring substituents is 1. The van der Waals surface area contributed by atoms with Gasteiger partial charge in [-0.2, -0.15) is 0 Å². The molecule has 1 aliphatic rings. The number of non-ortho nitro benzene ring substituents is 1. The van der Waals surface area contributed by atoms with E-state index in [1.165, 1.54) is 32.0 Å². The molecule has 1 aliphatic heterocycles. The fourth-order valence-electron chi connectivity index (χ4n) is 1.96. The molecule has 0 atom stereocenters. The summed E-state index contributed by atoms with van der Waals surface area (Å²) in [7, 11) is 0. The summed E-state index contributed by atoms with van der Waals surface area (Å²) >= 11 is 3.24. The molecule has 0 bridgehead atoms. The standard InChI is InChI=1S/C13H12BrNO6/c1-13(2)20-11(16)9(12(17)21-13)6-7-5-8(15(18)19)3-4-10(7)14/h3-5,9H,6H2,1-2H3. The Morgan fingerprint density at radius 1 is 1.29 bits per heavy atom. The maximum atomic E-state index is 11.9. The lowest BCUT2D eigenvalue weighted by molar-refractivity contribution is -0.384. The van der Waals surface area contributed by atoms with Gasteiger partial charge in [0.05, 0.1) is 4.92 Å². The predicted octanol–water partition coefficient (Wildman–Crippen LogP) is 2.35. The van der Waals surface area contributed by atoms with Crippen molar-refractivity contribution in [3.63, 3.8) is 0 Å². The Morgan fingerprint density at radius 2 is 1.86 bits per heavy atom. The molecule has 112 valence electrons. The largest absolute Gasteiger partial charge is 0.422 e. The SMILES string of the molecule is CC1(C)OC(=O)C(Cc2cc([N+](=O)[O-])ccc2Br)C(=O)O1. The minimum Gasteiger partial charge on any atom is -0.422 e. The highest BCUT2D eigenvalue weighted by molar-refractivity contribution is 9.10. The van der Waals surface area contributed by atoms with Gasteiger partial charge in [0.25, 0.3) is 11.5 Å². The molecule has 0 aliphatic carbocycles. The summed E-state index contributed by atoms with van der Waals surface area (Å²) in [4.78, 5) is 34.0. The minimum atomic E-state index is -1.29. The van der Waals surface area contributed by atoms with Crippen LogP contribution in [0.4, 0.5) is 5.69 Å². The molecule has 1 saturated heterocycles. The summed E-state index contributed by atoms with van der Waals surface area (Å²) in [5, 5.41) is 10.8. The second-order valence-electron chi connectivity index (χ2n) is 5.03. The number of rotatable bonds is 3. The van der Waals surface area contributed by atoms with Gasteiger partial charge in [0.1, 0.15) is 0 Å². The molecule has 7 nitrogen and oxygen atoms in total. The monoisotopic (exact) mass is 357 g/mol. The van der Waals surface area contributed by atoms with Gasteiger partial charge >= 0.3 is 11.9 Å². The third-order valence-electron chi connectivity index (χ3n) is 2.93. The number of esters is 2. The van der Waals surface area contributed by atoms with Crippen LogP contribution in [0.15, 0.2) is 22.7 Å². The van der Waals surface area contributed by atoms with Gasteiger partial charge in [-0.05, 0) is 18.1 Å². The third-order valence-corrected chi connectivity index (χ3v) is 3.70. The van der Waals surface area contributed by atoms with Crippen molar-refractivity contribution in [2.45, 2.75) is 26.1 Å². The van der Waals surface area contributed by atoms with Gasteiger partial charge in [0, 0.05) is 30.5 Å². The van der Waals surface area contributed by atoms with Crippen LogP contribution in [0, 0.1) is 16.0 Å². The van der Waals surface area contributed by atoms with Crippen LogP contribution in [0.1, 0.15) is 19.4 Å². The molecule has 0 saturated carbocycles. The van der Waals surface area contributed by atoms with E-state index < -0.39 is 28.6 Å². The number of nitro groups is 1. The average molecular weight is 358 g/mol. The zero-order valence-corrected chi connectivity index (χ0v) is 12.9. The highest BCUT2D eigenvalue weighted by Crippen LogP contribution is 2.29. The van der Waals surface area contributed by atoms with E-state index in [1.807, 2.05) is 0 Å². The van der Waals surface area contributed by atoms with E-state index in [0.717, 1.165) is 0 Å². The molecular formula is C13H12BrNO6. The lowest BCUT2D eigenvalue weighted by atomic mass is 9.98. The molecule has 1 aromatic rings. The Bertz CT molecular complexity index is 607. The molecule has 2 rings (SSSR count). The molecule has 1 aromatic carbocycles. The van der Waals surface area contributed by atoms with Gasteiger partial charge in [-0.3, -0.25) is 19.7 Å². The van der Waals surface area contributed by atoms with Crippen molar-refractivity contribution in [3.8, 4) is 0 Å². The van der Waals surface area contributed by atoms with Crippen molar-refractivity contribution in [1.29, 1.82) is 0 Å². The number of cyclic esters (lactones) is 2. The summed E-state index contributed by atoms with van der Waals surface area (Å²) < 4.78 is 10.6. The number of ether oxygens (including phenoxy) is 2. The van der Waals surface area contributed by atoms with Crippen LogP contribution in [-0.4, -0.2) is 22.6 Å². The third kappa shape index (κ3) is 3.38. The number of carbonyl (C=O) groups excluding carboxylic acids is 2. The first kappa shape index (κ1) is 15.4. The van der Waals surface area contributed by atoms with E-state index in [0.29, 0.717) is 10.0 Å². The molecule has 0 radical (unpaired) electrons. The van der Waals surface area contributed by atoms with Gasteiger partial charge in [-0.15, -0.1) is 0 Å². The van der Waals surface area contributed by atoms with E-state index in [2.05, 4.69) is 15.9 Å². The molecule has 1 fully saturated rings. The van der Waals surface area contributed by atoms with Crippen molar-refractivity contribution in [2.75, 3.05) is 0 Å². The first-order chi connectivity index (χ1) is 9.69. The van der Waals surface area contributed by atoms with E-state index in [4.69, 9.17) is 9.47 Å². The minimum absolute atomic E-state index is 0.0317. The summed E-state index contributed by atoms with van der Waals surface area (Å²) in [5.74, 6) is -3.81. The first-order valence-corrected chi connectivity index (χ1v) is 6.87. The van der Waals surface area contributed by atoms with Gasteiger partial charge in [-0.25, -0.2) is 0 Å². The van der Waals surface area contributed by atoms with E-state index >= 15 is 0 Å². The van der Waals surface area contributed by atoms with Gasteiger partial charge in [0.15, 0.2) is 5.92 Å². The van der Waals surface area contributed by atoms with Crippen molar-refractivity contribution in [3.05, 3.63) is 38.3 Å². The van der Waals surface area contributed by atoms with Crippen LogP contribution in [0.3, 0.4) is 0 Å². The highest BCUT2D eigenvalue weighted by atomic mass is 79.9. The number of benzene rings is 1. The summed E-state index contributed by atoms with van der Waals surface area (Å²) in [6.45, 7) is 2.92. The molecule has 8 heteroatoms. The second-order valence-corrected chi connectivity index (χ2v) is 5.89. The summed E-state index contributed by atoms with van der Waals surface area (Å²) in [6.07, 6.45) is -0.0317. The Hall–Kier alpha value is -1.96. The lowest BCUT2D eigenvalue weighted by Crippen LogP contribution is -2.47. The fraction of sp³-hybridized carbons (Fsp3) is 0.385. The highest BCUT2D eigenvalue weighted by Gasteiger charge is 2.43. The normalized spacial score (nSPS) is 18.0. The molecule has 0 N–H and O–H groups in total. The smallest absolute Gasteiger partial charge is 0.323 e. The van der Waals surface area contributed by atoms with Crippen LogP contribution >= 0.6 is 15.9 Å². The predicted molar refractivity (Wildman–Crippen MR) is 74.3 cm³/mol. The Morgan fingerprint density at radius 3 is 2.38 bits per heavy atom. The topological polar surface area (TPSA) is 95.7 Å². The van der Waals surface area contributed by atoms with Crippen LogP contribution in [0.2, 0.25) is 0 Å². The Kier molecular flexibility index (Phi) is 3.99. The van der Waals surface area contributed by atoms with Crippen LogP contribution in [0.5, 0.6) is 0 Å². The maximum Gasteiger partial charge on any atom is 0.323 e. The van der Waals surface area contributed by atoms with E-state index in [9.17, 15) is 19.7 Å². The number of hydrogen-bond acceptors (Lipinski definition) is 6. The molecular weight excluding hydrogens is 346 g/mol. The molecule has 0 amide bonds. The van der Waals surface area contributed by atoms with Gasteiger partial charge in [-0.1, -0.05) is 15.9 Å².